The molecule has 2 aromatic rings. The molecule has 0 aliphatic rings. The van der Waals surface area contributed by atoms with Crippen molar-refractivity contribution in [2.75, 3.05) is 5.73 Å². The molecule has 0 fully saturated rings. The number of rotatable bonds is 2. The predicted molar refractivity (Wildman–Crippen MR) is 71.4 cm³/mol. The van der Waals surface area contributed by atoms with Gasteiger partial charge < -0.3 is 5.73 Å². The van der Waals surface area contributed by atoms with E-state index in [0.29, 0.717) is 9.92 Å². The summed E-state index contributed by atoms with van der Waals surface area (Å²) < 4.78 is 38.2. The molecule has 0 atom stereocenters. The molecule has 0 unspecified atom stereocenters. The maximum atomic E-state index is 12.7. The fraction of sp³-hybridized carbons (Fsp3) is 0.0769. The van der Waals surface area contributed by atoms with Crippen molar-refractivity contribution in [1.82, 2.24) is 0 Å². The number of benzene rings is 2. The Morgan fingerprint density at radius 1 is 1.00 bits per heavy atom. The van der Waals surface area contributed by atoms with Crippen LogP contribution in [-0.4, -0.2) is 0 Å². The first kappa shape index (κ1) is 14.1. The molecule has 0 bridgehead atoms. The Bertz CT molecular complexity index is 599. The lowest BCUT2D eigenvalue weighted by atomic mass is 10.2. The highest BCUT2D eigenvalue weighted by Crippen LogP contribution is 2.38. The molecule has 0 saturated heterocycles. The van der Waals surface area contributed by atoms with Crippen LogP contribution in [0.15, 0.2) is 52.3 Å². The van der Waals surface area contributed by atoms with Crippen molar-refractivity contribution in [3.05, 3.63) is 53.1 Å². The highest BCUT2D eigenvalue weighted by Gasteiger charge is 2.33. The summed E-state index contributed by atoms with van der Waals surface area (Å²) in [6.07, 6.45) is -4.45. The lowest BCUT2D eigenvalue weighted by molar-refractivity contribution is -0.137. The van der Waals surface area contributed by atoms with Crippen LogP contribution in [0.5, 0.6) is 0 Å². The van der Waals surface area contributed by atoms with Gasteiger partial charge in [0, 0.05) is 20.5 Å². The summed E-state index contributed by atoms with van der Waals surface area (Å²) in [5.41, 5.74) is 4.25. The number of halogens is 4. The molecule has 0 aliphatic carbocycles. The summed E-state index contributed by atoms with van der Waals surface area (Å²) >= 11 is 7.03. The molecule has 2 rings (SSSR count). The lowest BCUT2D eigenvalue weighted by Gasteiger charge is -2.11. The number of anilines is 1. The van der Waals surface area contributed by atoms with Gasteiger partial charge in [0.05, 0.1) is 5.56 Å². The van der Waals surface area contributed by atoms with Crippen molar-refractivity contribution in [3.8, 4) is 0 Å². The van der Waals surface area contributed by atoms with Gasteiger partial charge >= 0.3 is 6.18 Å². The van der Waals surface area contributed by atoms with Crippen LogP contribution in [0.2, 0.25) is 5.02 Å². The van der Waals surface area contributed by atoms with Crippen LogP contribution in [0, 0.1) is 0 Å². The van der Waals surface area contributed by atoms with Crippen LogP contribution in [0.1, 0.15) is 5.56 Å². The first-order valence-electron chi connectivity index (χ1n) is 5.26. The van der Waals surface area contributed by atoms with Crippen LogP contribution in [0.4, 0.5) is 18.9 Å². The van der Waals surface area contributed by atoms with E-state index in [9.17, 15) is 13.2 Å². The molecule has 100 valence electrons. The van der Waals surface area contributed by atoms with Crippen LogP contribution >= 0.6 is 23.4 Å². The zero-order valence-corrected chi connectivity index (χ0v) is 11.1. The van der Waals surface area contributed by atoms with Gasteiger partial charge in [-0.2, -0.15) is 13.2 Å². The van der Waals surface area contributed by atoms with Gasteiger partial charge in [0.25, 0.3) is 0 Å². The number of hydrogen-bond donors (Lipinski definition) is 1. The second-order valence-electron chi connectivity index (χ2n) is 3.81. The topological polar surface area (TPSA) is 26.0 Å². The normalized spacial score (nSPS) is 11.6. The van der Waals surface area contributed by atoms with Crippen LogP contribution < -0.4 is 5.73 Å². The van der Waals surface area contributed by atoms with Crippen LogP contribution in [-0.2, 0) is 6.18 Å². The van der Waals surface area contributed by atoms with Crippen molar-refractivity contribution >= 4 is 29.1 Å². The molecule has 19 heavy (non-hydrogen) atoms. The van der Waals surface area contributed by atoms with Crippen molar-refractivity contribution < 1.29 is 13.2 Å². The molecule has 0 heterocycles. The Hall–Kier alpha value is -1.33. The Morgan fingerprint density at radius 2 is 1.68 bits per heavy atom. The number of nitrogens with two attached hydrogens (primary N) is 1. The molecule has 0 amide bonds. The van der Waals surface area contributed by atoms with E-state index in [1.54, 1.807) is 30.3 Å². The average Bonchev–Trinajstić information content (AvgIpc) is 2.30. The molecule has 6 heteroatoms. The molecule has 0 aromatic heterocycles. The van der Waals surface area contributed by atoms with E-state index < -0.39 is 11.7 Å². The minimum Gasteiger partial charge on any atom is -0.398 e. The summed E-state index contributed by atoms with van der Waals surface area (Å²) in [4.78, 5) is 1.23. The molecule has 0 aliphatic heterocycles. The summed E-state index contributed by atoms with van der Waals surface area (Å²) in [6.45, 7) is 0. The van der Waals surface area contributed by atoms with Gasteiger partial charge in [-0.1, -0.05) is 29.4 Å². The highest BCUT2D eigenvalue weighted by atomic mass is 35.5. The monoisotopic (exact) mass is 303 g/mol. The fourth-order valence-corrected chi connectivity index (χ4v) is 2.68. The molecule has 0 radical (unpaired) electrons. The van der Waals surface area contributed by atoms with E-state index in [1.165, 1.54) is 17.8 Å². The zero-order valence-electron chi connectivity index (χ0n) is 9.54. The fourth-order valence-electron chi connectivity index (χ4n) is 1.51. The molecule has 0 spiro atoms. The molecular weight excluding hydrogens is 295 g/mol. The third-order valence-corrected chi connectivity index (χ3v) is 3.58. The molecule has 2 aromatic carbocycles. The van der Waals surface area contributed by atoms with E-state index >= 15 is 0 Å². The van der Waals surface area contributed by atoms with Crippen molar-refractivity contribution in [3.63, 3.8) is 0 Å². The Balaban J connectivity index is 2.32. The number of nitrogen functional groups attached to an aromatic ring is 1. The Kier molecular flexibility index (Phi) is 3.96. The minimum atomic E-state index is -4.45. The Labute approximate surface area is 117 Å². The number of hydrogen-bond acceptors (Lipinski definition) is 2. The number of alkyl halides is 3. The van der Waals surface area contributed by atoms with Gasteiger partial charge in [0.2, 0.25) is 0 Å². The summed E-state index contributed by atoms with van der Waals surface area (Å²) in [5.74, 6) is 0. The summed E-state index contributed by atoms with van der Waals surface area (Å²) in [7, 11) is 0. The van der Waals surface area contributed by atoms with E-state index in [4.69, 9.17) is 17.3 Å². The van der Waals surface area contributed by atoms with Gasteiger partial charge in [0.15, 0.2) is 0 Å². The largest absolute Gasteiger partial charge is 0.418 e. The molecule has 2 N–H and O–H groups in total. The second-order valence-corrected chi connectivity index (χ2v) is 5.39. The first-order valence-corrected chi connectivity index (χ1v) is 6.46. The van der Waals surface area contributed by atoms with Crippen molar-refractivity contribution in [2.24, 2.45) is 0 Å². The maximum Gasteiger partial charge on any atom is 0.418 e. The smallest absolute Gasteiger partial charge is 0.398 e. The quantitative estimate of drug-likeness (QED) is 0.782. The van der Waals surface area contributed by atoms with E-state index in [1.807, 2.05) is 0 Å². The SMILES string of the molecule is Nc1ccc(Sc2cccc(Cl)c2)cc1C(F)(F)F. The minimum absolute atomic E-state index is 0.275. The van der Waals surface area contributed by atoms with E-state index in [2.05, 4.69) is 0 Å². The summed E-state index contributed by atoms with van der Waals surface area (Å²) in [6, 6.07) is 10.8. The Morgan fingerprint density at radius 3 is 2.32 bits per heavy atom. The molecule has 0 saturated carbocycles. The standard InChI is InChI=1S/C13H9ClF3NS/c14-8-2-1-3-9(6-8)19-10-4-5-12(18)11(7-10)13(15,16)17/h1-7H,18H2. The molecule has 1 nitrogen and oxygen atoms in total. The van der Waals surface area contributed by atoms with Gasteiger partial charge in [-0.25, -0.2) is 0 Å². The van der Waals surface area contributed by atoms with Gasteiger partial charge in [-0.3, -0.25) is 0 Å². The van der Waals surface area contributed by atoms with Crippen molar-refractivity contribution in [1.29, 1.82) is 0 Å². The molecular formula is C13H9ClF3NS. The van der Waals surface area contributed by atoms with Crippen LogP contribution in [0.3, 0.4) is 0 Å². The van der Waals surface area contributed by atoms with E-state index in [0.717, 1.165) is 11.0 Å². The third-order valence-electron chi connectivity index (χ3n) is 2.36. The van der Waals surface area contributed by atoms with Crippen molar-refractivity contribution in [2.45, 2.75) is 16.0 Å². The highest BCUT2D eigenvalue weighted by molar-refractivity contribution is 7.99. The predicted octanol–water partition coefficient (Wildman–Crippen LogP) is 5.09. The van der Waals surface area contributed by atoms with Gasteiger partial charge in [-0.05, 0) is 36.4 Å². The first-order chi connectivity index (χ1) is 8.86. The lowest BCUT2D eigenvalue weighted by Crippen LogP contribution is -2.08. The van der Waals surface area contributed by atoms with Gasteiger partial charge in [-0.15, -0.1) is 0 Å². The summed E-state index contributed by atoms with van der Waals surface area (Å²) in [5, 5.41) is 0.538. The van der Waals surface area contributed by atoms with Crippen LogP contribution in [0.25, 0.3) is 0 Å². The zero-order chi connectivity index (χ0) is 14.0. The maximum absolute atomic E-state index is 12.7. The van der Waals surface area contributed by atoms with Gasteiger partial charge in [0.1, 0.15) is 0 Å². The van der Waals surface area contributed by atoms with E-state index in [-0.39, 0.29) is 5.69 Å². The average molecular weight is 304 g/mol. The second kappa shape index (κ2) is 5.35. The third kappa shape index (κ3) is 3.58.